The Balaban J connectivity index is 1.45. The van der Waals surface area contributed by atoms with Gasteiger partial charge in [0.25, 0.3) is 5.91 Å². The number of carbonyl (C=O) groups is 1. The maximum atomic E-state index is 12.7. The highest BCUT2D eigenvalue weighted by atomic mass is 35.5. The van der Waals surface area contributed by atoms with Gasteiger partial charge in [-0.3, -0.25) is 9.59 Å². The van der Waals surface area contributed by atoms with E-state index >= 15 is 0 Å². The Bertz CT molecular complexity index is 1350. The van der Waals surface area contributed by atoms with Crippen molar-refractivity contribution in [3.05, 3.63) is 92.8 Å². The van der Waals surface area contributed by atoms with E-state index in [0.29, 0.717) is 38.2 Å². The van der Waals surface area contributed by atoms with E-state index in [1.165, 1.54) is 12.3 Å². The lowest BCUT2D eigenvalue weighted by Crippen LogP contribution is -2.20. The number of carbonyl (C=O) groups excluding carboxylic acids is 1. The summed E-state index contributed by atoms with van der Waals surface area (Å²) in [5.41, 5.74) is 1.47. The first-order chi connectivity index (χ1) is 15.4. The van der Waals surface area contributed by atoms with Gasteiger partial charge in [0.2, 0.25) is 11.2 Å². The minimum absolute atomic E-state index is 0.0799. The molecule has 1 N–H and O–H groups in total. The van der Waals surface area contributed by atoms with Crippen molar-refractivity contribution in [2.45, 2.75) is 6.92 Å². The van der Waals surface area contributed by atoms with Gasteiger partial charge in [-0.25, -0.2) is 0 Å². The van der Waals surface area contributed by atoms with Gasteiger partial charge in [-0.05, 0) is 55.0 Å². The van der Waals surface area contributed by atoms with Crippen molar-refractivity contribution in [2.24, 2.45) is 0 Å². The molecule has 32 heavy (non-hydrogen) atoms. The van der Waals surface area contributed by atoms with Crippen LogP contribution in [0.15, 0.2) is 76.1 Å². The van der Waals surface area contributed by atoms with E-state index in [1.807, 2.05) is 25.1 Å². The lowest BCUT2D eigenvalue weighted by molar-refractivity contribution is -0.118. The number of fused-ring (bicyclic) bond motifs is 1. The summed E-state index contributed by atoms with van der Waals surface area (Å²) >= 11 is 11.9. The van der Waals surface area contributed by atoms with Gasteiger partial charge in [-0.2, -0.15) is 0 Å². The number of rotatable bonds is 6. The van der Waals surface area contributed by atoms with Gasteiger partial charge in [0.05, 0.1) is 5.39 Å². The van der Waals surface area contributed by atoms with Gasteiger partial charge in [-0.15, -0.1) is 0 Å². The number of halogens is 2. The summed E-state index contributed by atoms with van der Waals surface area (Å²) in [5.74, 6) is 0.596. The number of amides is 1. The Morgan fingerprint density at radius 2 is 1.78 bits per heavy atom. The highest BCUT2D eigenvalue weighted by Gasteiger charge is 2.11. The van der Waals surface area contributed by atoms with E-state index in [1.54, 1.807) is 36.4 Å². The second-order valence-electron chi connectivity index (χ2n) is 7.00. The smallest absolute Gasteiger partial charge is 0.262 e. The molecule has 0 aliphatic rings. The molecule has 0 aliphatic carbocycles. The van der Waals surface area contributed by atoms with Crippen LogP contribution in [0.3, 0.4) is 0 Å². The zero-order chi connectivity index (χ0) is 22.7. The second kappa shape index (κ2) is 9.34. The predicted molar refractivity (Wildman–Crippen MR) is 124 cm³/mol. The molecule has 4 rings (SSSR count). The topological polar surface area (TPSA) is 77.8 Å². The summed E-state index contributed by atoms with van der Waals surface area (Å²) in [7, 11) is 0. The van der Waals surface area contributed by atoms with Crippen LogP contribution in [0.2, 0.25) is 10.0 Å². The zero-order valence-corrected chi connectivity index (χ0v) is 18.4. The molecule has 0 saturated carbocycles. The molecule has 6 nitrogen and oxygen atoms in total. The van der Waals surface area contributed by atoms with Crippen LogP contribution in [0, 0.1) is 6.92 Å². The molecular weight excluding hydrogens is 453 g/mol. The zero-order valence-electron chi connectivity index (χ0n) is 16.9. The highest BCUT2D eigenvalue weighted by Crippen LogP contribution is 2.25. The molecule has 0 spiro atoms. The van der Waals surface area contributed by atoms with Gasteiger partial charge >= 0.3 is 0 Å². The average molecular weight is 470 g/mol. The largest absolute Gasteiger partial charge is 0.484 e. The van der Waals surface area contributed by atoms with E-state index in [2.05, 4.69) is 5.32 Å². The number of benzene rings is 3. The number of hydrogen-bond acceptors (Lipinski definition) is 5. The Morgan fingerprint density at radius 3 is 2.53 bits per heavy atom. The number of anilines is 1. The lowest BCUT2D eigenvalue weighted by atomic mass is 10.2. The van der Waals surface area contributed by atoms with Crippen LogP contribution < -0.4 is 20.2 Å². The normalized spacial score (nSPS) is 10.7. The third kappa shape index (κ3) is 5.22. The van der Waals surface area contributed by atoms with Gasteiger partial charge in [0, 0.05) is 21.8 Å². The molecule has 0 saturated heterocycles. The fraction of sp³-hybridized carbons (Fsp3) is 0.0833. The molecule has 162 valence electrons. The molecule has 1 amide bonds. The monoisotopic (exact) mass is 469 g/mol. The molecule has 4 aromatic rings. The Hall–Kier alpha value is -3.48. The highest BCUT2D eigenvalue weighted by molar-refractivity contribution is 6.35. The van der Waals surface area contributed by atoms with Crippen molar-refractivity contribution < 1.29 is 18.7 Å². The first kappa shape index (κ1) is 21.7. The second-order valence-corrected chi connectivity index (χ2v) is 7.87. The molecule has 0 fully saturated rings. The summed E-state index contributed by atoms with van der Waals surface area (Å²) in [6.07, 6.45) is 1.26. The summed E-state index contributed by atoms with van der Waals surface area (Å²) in [6.45, 7) is 1.68. The van der Waals surface area contributed by atoms with Crippen LogP contribution in [-0.4, -0.2) is 12.5 Å². The van der Waals surface area contributed by atoms with Crippen molar-refractivity contribution in [3.63, 3.8) is 0 Å². The standard InChI is InChI=1S/C24H17Cl2NO5/c1-14-3-2-4-19(7-14)32-22-12-31-21-11-18(5-6-20(21)24(22)29)30-13-23(28)27-17-9-15(25)8-16(26)10-17/h2-12H,13H2,1H3,(H,27,28). The Kier molecular flexibility index (Phi) is 6.35. The average Bonchev–Trinajstić information content (AvgIpc) is 2.73. The van der Waals surface area contributed by atoms with E-state index < -0.39 is 5.91 Å². The van der Waals surface area contributed by atoms with Crippen molar-refractivity contribution >= 4 is 45.8 Å². The minimum atomic E-state index is -0.396. The number of nitrogens with one attached hydrogen (secondary N) is 1. The fourth-order valence-corrected chi connectivity index (χ4v) is 3.55. The van der Waals surface area contributed by atoms with Crippen LogP contribution in [0.5, 0.6) is 17.2 Å². The van der Waals surface area contributed by atoms with Crippen molar-refractivity contribution in [1.82, 2.24) is 0 Å². The summed E-state index contributed by atoms with van der Waals surface area (Å²) in [5, 5.41) is 3.80. The quantitative estimate of drug-likeness (QED) is 0.362. The predicted octanol–water partition coefficient (Wildman–Crippen LogP) is 6.22. The van der Waals surface area contributed by atoms with E-state index in [-0.39, 0.29) is 17.8 Å². The number of ether oxygens (including phenoxy) is 2. The van der Waals surface area contributed by atoms with E-state index in [9.17, 15) is 9.59 Å². The number of aryl methyl sites for hydroxylation is 1. The summed E-state index contributed by atoms with van der Waals surface area (Å²) < 4.78 is 16.7. The Morgan fingerprint density at radius 1 is 1.00 bits per heavy atom. The van der Waals surface area contributed by atoms with Crippen molar-refractivity contribution in [1.29, 1.82) is 0 Å². The van der Waals surface area contributed by atoms with Gasteiger partial charge in [0.1, 0.15) is 23.3 Å². The molecule has 0 aliphatic heterocycles. The maximum absolute atomic E-state index is 12.7. The molecule has 1 aromatic heterocycles. The fourth-order valence-electron chi connectivity index (χ4n) is 3.03. The van der Waals surface area contributed by atoms with Gasteiger partial charge < -0.3 is 19.2 Å². The van der Waals surface area contributed by atoms with E-state index in [0.717, 1.165) is 5.56 Å². The number of hydrogen-bond donors (Lipinski definition) is 1. The van der Waals surface area contributed by atoms with Crippen LogP contribution in [0.1, 0.15) is 5.56 Å². The summed E-state index contributed by atoms with van der Waals surface area (Å²) in [4.78, 5) is 24.9. The molecular formula is C24H17Cl2NO5. The minimum Gasteiger partial charge on any atom is -0.484 e. The molecule has 3 aromatic carbocycles. The molecule has 0 bridgehead atoms. The molecule has 0 atom stereocenters. The van der Waals surface area contributed by atoms with Gasteiger partial charge in [0.15, 0.2) is 6.61 Å². The lowest BCUT2D eigenvalue weighted by Gasteiger charge is -2.09. The first-order valence-electron chi connectivity index (χ1n) is 9.56. The molecule has 1 heterocycles. The van der Waals surface area contributed by atoms with Crippen LogP contribution in [0.25, 0.3) is 11.0 Å². The third-order valence-electron chi connectivity index (χ3n) is 4.45. The third-order valence-corrected chi connectivity index (χ3v) is 4.88. The van der Waals surface area contributed by atoms with E-state index in [4.69, 9.17) is 37.1 Å². The van der Waals surface area contributed by atoms with Crippen LogP contribution in [0.4, 0.5) is 5.69 Å². The molecule has 0 radical (unpaired) electrons. The molecule has 8 heteroatoms. The van der Waals surface area contributed by atoms with Crippen LogP contribution >= 0.6 is 23.2 Å². The molecule has 0 unspecified atom stereocenters. The maximum Gasteiger partial charge on any atom is 0.262 e. The van der Waals surface area contributed by atoms with Gasteiger partial charge in [-0.1, -0.05) is 35.3 Å². The first-order valence-corrected chi connectivity index (χ1v) is 10.3. The van der Waals surface area contributed by atoms with Crippen molar-refractivity contribution in [3.8, 4) is 17.2 Å². The van der Waals surface area contributed by atoms with Crippen molar-refractivity contribution in [2.75, 3.05) is 11.9 Å². The summed E-state index contributed by atoms with van der Waals surface area (Å²) in [6, 6.07) is 16.8. The Labute approximate surface area is 193 Å². The van der Waals surface area contributed by atoms with Crippen LogP contribution in [-0.2, 0) is 4.79 Å². The SMILES string of the molecule is Cc1cccc(Oc2coc3cc(OCC(=O)Nc4cc(Cl)cc(Cl)c4)ccc3c2=O)c1.